The molecule has 0 radical (unpaired) electrons. The van der Waals surface area contributed by atoms with Gasteiger partial charge in [0, 0.05) is 11.1 Å². The van der Waals surface area contributed by atoms with Gasteiger partial charge >= 0.3 is 10.1 Å². The van der Waals surface area contributed by atoms with Crippen molar-refractivity contribution in [1.29, 1.82) is 0 Å². The summed E-state index contributed by atoms with van der Waals surface area (Å²) >= 11 is 1.85. The molecule has 0 fully saturated rings. The predicted octanol–water partition coefficient (Wildman–Crippen LogP) is 5.70. The Morgan fingerprint density at radius 2 is 1.28 bits per heavy atom. The molecule has 0 heterocycles. The first-order valence-corrected chi connectivity index (χ1v) is 11.3. The molecule has 0 amide bonds. The van der Waals surface area contributed by atoms with Crippen molar-refractivity contribution in [2.75, 3.05) is 0 Å². The number of allylic oxidation sites excluding steroid dienone is 1. The maximum absolute atomic E-state index is 13.0. The van der Waals surface area contributed by atoms with E-state index < -0.39 is 10.1 Å². The molecule has 0 aliphatic rings. The van der Waals surface area contributed by atoms with Gasteiger partial charge in [-0.2, -0.15) is 8.42 Å². The minimum Gasteiger partial charge on any atom is -0.377 e. The molecule has 3 rings (SSSR count). The van der Waals surface area contributed by atoms with E-state index in [9.17, 15) is 13.2 Å². The summed E-state index contributed by atoms with van der Waals surface area (Å²) in [6.45, 7) is 3.80. The number of carbonyl (C=O) groups excluding carboxylic acids is 1. The fourth-order valence-corrected chi connectivity index (χ4v) is 4.45. The van der Waals surface area contributed by atoms with Crippen LogP contribution in [0.4, 0.5) is 0 Å². The van der Waals surface area contributed by atoms with Crippen LogP contribution in [0.1, 0.15) is 27.0 Å². The van der Waals surface area contributed by atoms with Crippen molar-refractivity contribution in [3.8, 4) is 0 Å². The number of halogens is 1. The normalized spacial score (nSPS) is 12.2. The Kier molecular flexibility index (Phi) is 6.54. The average Bonchev–Trinajstić information content (AvgIpc) is 2.72. The molecule has 3 aromatic rings. The third-order valence-corrected chi connectivity index (χ3v) is 6.47. The molecule has 0 aromatic heterocycles. The summed E-state index contributed by atoms with van der Waals surface area (Å²) in [6.07, 6.45) is 0. The van der Waals surface area contributed by atoms with Crippen molar-refractivity contribution in [2.45, 2.75) is 18.7 Å². The molecule has 6 heteroatoms. The maximum atomic E-state index is 13.0. The van der Waals surface area contributed by atoms with E-state index >= 15 is 0 Å². The van der Waals surface area contributed by atoms with Crippen LogP contribution < -0.4 is 0 Å². The maximum Gasteiger partial charge on any atom is 0.339 e. The topological polar surface area (TPSA) is 60.4 Å². The van der Waals surface area contributed by atoms with Crippen LogP contribution in [0.25, 0.3) is 5.76 Å². The van der Waals surface area contributed by atoms with Crippen molar-refractivity contribution in [2.24, 2.45) is 0 Å². The highest BCUT2D eigenvalue weighted by molar-refractivity contribution is 14.1. The first kappa shape index (κ1) is 21.3. The molecule has 4 nitrogen and oxygen atoms in total. The van der Waals surface area contributed by atoms with E-state index in [4.69, 9.17) is 4.18 Å². The molecule has 0 aliphatic carbocycles. The third-order valence-electron chi connectivity index (χ3n) is 4.25. The molecule has 0 saturated carbocycles. The Bertz CT molecular complexity index is 1150. The molecule has 0 N–H and O–H groups in total. The second-order valence-electron chi connectivity index (χ2n) is 6.55. The summed E-state index contributed by atoms with van der Waals surface area (Å²) in [4.78, 5) is 13.0. The van der Waals surface area contributed by atoms with Crippen LogP contribution in [0.15, 0.2) is 87.3 Å². The number of Topliss-reactive ketones (excluding diaryl/α,β-unsaturated/α-hetero) is 1. The van der Waals surface area contributed by atoms with Crippen LogP contribution in [-0.4, -0.2) is 14.2 Å². The summed E-state index contributed by atoms with van der Waals surface area (Å²) < 4.78 is 31.4. The molecule has 3 aromatic carbocycles. The predicted molar refractivity (Wildman–Crippen MR) is 122 cm³/mol. The lowest BCUT2D eigenvalue weighted by atomic mass is 10.1. The number of ketones is 1. The lowest BCUT2D eigenvalue weighted by Gasteiger charge is -2.13. The van der Waals surface area contributed by atoms with Gasteiger partial charge in [-0.1, -0.05) is 77.9 Å². The molecular weight excluding hydrogens is 499 g/mol. The van der Waals surface area contributed by atoms with Crippen molar-refractivity contribution in [3.05, 3.63) is 105 Å². The van der Waals surface area contributed by atoms with Gasteiger partial charge < -0.3 is 4.18 Å². The number of hydrogen-bond donors (Lipinski definition) is 0. The third kappa shape index (κ3) is 5.13. The summed E-state index contributed by atoms with van der Waals surface area (Å²) in [7, 11) is -4.11. The highest BCUT2D eigenvalue weighted by Crippen LogP contribution is 2.31. The van der Waals surface area contributed by atoms with E-state index in [0.29, 0.717) is 11.1 Å². The van der Waals surface area contributed by atoms with E-state index in [1.54, 1.807) is 48.5 Å². The zero-order valence-electron chi connectivity index (χ0n) is 15.9. The second kappa shape index (κ2) is 8.92. The number of carbonyl (C=O) groups is 1. The van der Waals surface area contributed by atoms with Gasteiger partial charge in [-0.15, -0.1) is 0 Å². The van der Waals surface area contributed by atoms with Crippen molar-refractivity contribution < 1.29 is 17.4 Å². The zero-order chi connectivity index (χ0) is 21.0. The molecular formula is C23H19IO4S. The molecule has 0 unspecified atom stereocenters. The number of hydrogen-bond acceptors (Lipinski definition) is 4. The first-order valence-electron chi connectivity index (χ1n) is 8.85. The molecule has 0 spiro atoms. The summed E-state index contributed by atoms with van der Waals surface area (Å²) in [6, 6.07) is 22.2. The average molecular weight is 518 g/mol. The van der Waals surface area contributed by atoms with Crippen LogP contribution in [0.5, 0.6) is 0 Å². The van der Waals surface area contributed by atoms with E-state index in [1.807, 2.05) is 54.6 Å². The SMILES string of the molecule is Cc1ccc(C(=O)/C(I)=C(\OS(=O)(=O)c2ccc(C)cc2)c2ccccc2)cc1. The summed E-state index contributed by atoms with van der Waals surface area (Å²) in [5, 5.41) is 0. The van der Waals surface area contributed by atoms with Gasteiger partial charge in [-0.25, -0.2) is 0 Å². The van der Waals surface area contributed by atoms with Crippen molar-refractivity contribution in [3.63, 3.8) is 0 Å². The van der Waals surface area contributed by atoms with Gasteiger partial charge in [0.05, 0.1) is 0 Å². The van der Waals surface area contributed by atoms with Gasteiger partial charge in [-0.05, 0) is 48.6 Å². The Morgan fingerprint density at radius 3 is 1.83 bits per heavy atom. The Balaban J connectivity index is 2.07. The van der Waals surface area contributed by atoms with E-state index in [1.165, 1.54) is 12.1 Å². The van der Waals surface area contributed by atoms with E-state index in [2.05, 4.69) is 0 Å². The lowest BCUT2D eigenvalue weighted by Crippen LogP contribution is -2.10. The summed E-state index contributed by atoms with van der Waals surface area (Å²) in [5.41, 5.74) is 2.94. The van der Waals surface area contributed by atoms with Crippen LogP contribution in [0, 0.1) is 13.8 Å². The summed E-state index contributed by atoms with van der Waals surface area (Å²) in [5.74, 6) is -0.291. The Hall–Kier alpha value is -2.45. The van der Waals surface area contributed by atoms with Gasteiger partial charge in [0.2, 0.25) is 5.78 Å². The Morgan fingerprint density at radius 1 is 0.759 bits per heavy atom. The van der Waals surface area contributed by atoms with Gasteiger partial charge in [0.25, 0.3) is 0 Å². The monoisotopic (exact) mass is 518 g/mol. The van der Waals surface area contributed by atoms with E-state index in [-0.39, 0.29) is 20.0 Å². The van der Waals surface area contributed by atoms with Gasteiger partial charge in [-0.3, -0.25) is 4.79 Å². The van der Waals surface area contributed by atoms with Crippen molar-refractivity contribution in [1.82, 2.24) is 0 Å². The molecule has 0 saturated heterocycles. The highest BCUT2D eigenvalue weighted by atomic mass is 127. The minimum atomic E-state index is -4.11. The largest absolute Gasteiger partial charge is 0.377 e. The standard InChI is InChI=1S/C23H19IO4S/c1-16-8-12-18(13-9-16)22(25)21(24)23(19-6-4-3-5-7-19)28-29(26,27)20-14-10-17(2)11-15-20/h3-15H,1-2H3/b23-21+. The first-order chi connectivity index (χ1) is 13.8. The lowest BCUT2D eigenvalue weighted by molar-refractivity contribution is 0.104. The fraction of sp³-hybridized carbons (Fsp3) is 0.0870. The molecule has 0 atom stereocenters. The number of rotatable bonds is 6. The minimum absolute atomic E-state index is 0.0114. The second-order valence-corrected chi connectivity index (χ2v) is 9.18. The van der Waals surface area contributed by atoms with Crippen LogP contribution >= 0.6 is 22.6 Å². The van der Waals surface area contributed by atoms with Crippen molar-refractivity contribution >= 4 is 44.3 Å². The Labute approximate surface area is 184 Å². The molecule has 0 aliphatic heterocycles. The van der Waals surface area contributed by atoms with Gasteiger partial charge in [0.1, 0.15) is 8.48 Å². The van der Waals surface area contributed by atoms with Crippen LogP contribution in [0.3, 0.4) is 0 Å². The molecule has 148 valence electrons. The number of benzene rings is 3. The molecule has 0 bridgehead atoms. The molecule has 29 heavy (non-hydrogen) atoms. The quantitative estimate of drug-likeness (QED) is 0.138. The van der Waals surface area contributed by atoms with E-state index in [0.717, 1.165) is 11.1 Å². The van der Waals surface area contributed by atoms with Crippen LogP contribution in [-0.2, 0) is 14.3 Å². The number of aryl methyl sites for hydroxylation is 2. The van der Waals surface area contributed by atoms with Gasteiger partial charge in [0.15, 0.2) is 5.76 Å². The fourth-order valence-electron chi connectivity index (χ4n) is 2.60. The highest BCUT2D eigenvalue weighted by Gasteiger charge is 2.24. The smallest absolute Gasteiger partial charge is 0.339 e. The zero-order valence-corrected chi connectivity index (χ0v) is 18.9. The van der Waals surface area contributed by atoms with Crippen LogP contribution in [0.2, 0.25) is 0 Å².